The van der Waals surface area contributed by atoms with Crippen molar-refractivity contribution in [3.63, 3.8) is 0 Å². The Balaban J connectivity index is 2.00. The van der Waals surface area contributed by atoms with Gasteiger partial charge in [0.15, 0.2) is 0 Å². The Hall–Kier alpha value is -1.67. The quantitative estimate of drug-likeness (QED) is 0.832. The zero-order chi connectivity index (χ0) is 12.8. The summed E-state index contributed by atoms with van der Waals surface area (Å²) in [6, 6.07) is 3.29. The number of nitrogens with zero attached hydrogens (tertiary/aromatic N) is 1. The molecule has 4 nitrogen and oxygen atoms in total. The monoisotopic (exact) mass is 262 g/mol. The average molecular weight is 262 g/mol. The van der Waals surface area contributed by atoms with Gasteiger partial charge in [0.05, 0.1) is 6.54 Å². The molecule has 2 heterocycles. The number of aromatic nitrogens is 1. The van der Waals surface area contributed by atoms with Crippen LogP contribution in [0.5, 0.6) is 5.88 Å². The summed E-state index contributed by atoms with van der Waals surface area (Å²) < 4.78 is 5.72. The van der Waals surface area contributed by atoms with Crippen LogP contribution in [0.2, 0.25) is 0 Å². The lowest BCUT2D eigenvalue weighted by Gasteiger charge is -2.11. The van der Waals surface area contributed by atoms with E-state index in [1.165, 1.54) is 0 Å². The number of hydrogen-bond donors (Lipinski definition) is 1. The van der Waals surface area contributed by atoms with Crippen LogP contribution in [0.4, 0.5) is 0 Å². The fourth-order valence-electron chi connectivity index (χ4n) is 1.63. The van der Waals surface area contributed by atoms with E-state index < -0.39 is 0 Å². The number of terminal acetylenes is 1. The molecule has 94 valence electrons. The van der Waals surface area contributed by atoms with Crippen LogP contribution >= 0.6 is 11.8 Å². The topological polar surface area (TPSA) is 51.2 Å². The fraction of sp³-hybridized carbons (Fsp3) is 0.385. The molecule has 0 radical (unpaired) electrons. The lowest BCUT2D eigenvalue weighted by Crippen LogP contribution is -2.23. The zero-order valence-electron chi connectivity index (χ0n) is 9.89. The molecular formula is C13H14N2O2S. The first kappa shape index (κ1) is 12.8. The van der Waals surface area contributed by atoms with Gasteiger partial charge in [0, 0.05) is 23.6 Å². The maximum Gasteiger partial charge on any atom is 0.252 e. The molecule has 0 spiro atoms. The summed E-state index contributed by atoms with van der Waals surface area (Å²) in [4.78, 5) is 15.8. The van der Waals surface area contributed by atoms with E-state index in [0.29, 0.717) is 11.4 Å². The third-order valence-corrected chi connectivity index (χ3v) is 3.66. The Labute approximate surface area is 111 Å². The van der Waals surface area contributed by atoms with E-state index in [-0.39, 0.29) is 18.6 Å². The molecule has 1 unspecified atom stereocenters. The fourth-order valence-corrected chi connectivity index (χ4v) is 2.72. The SMILES string of the molecule is C#CCNC(=O)c1ccnc(OC2CCSC2)c1. The van der Waals surface area contributed by atoms with Crippen LogP contribution in [-0.2, 0) is 0 Å². The van der Waals surface area contributed by atoms with Gasteiger partial charge in [-0.05, 0) is 18.2 Å². The van der Waals surface area contributed by atoms with E-state index in [1.54, 1.807) is 18.3 Å². The summed E-state index contributed by atoms with van der Waals surface area (Å²) in [6.45, 7) is 0.219. The maximum atomic E-state index is 11.7. The Bertz CT molecular complexity index is 464. The van der Waals surface area contributed by atoms with Crippen LogP contribution in [0.1, 0.15) is 16.8 Å². The van der Waals surface area contributed by atoms with Gasteiger partial charge in [-0.15, -0.1) is 6.42 Å². The second-order valence-corrected chi connectivity index (χ2v) is 5.02. The number of ether oxygens (including phenoxy) is 1. The van der Waals surface area contributed by atoms with Gasteiger partial charge in [0.2, 0.25) is 5.88 Å². The van der Waals surface area contributed by atoms with Crippen molar-refractivity contribution >= 4 is 17.7 Å². The summed E-state index contributed by atoms with van der Waals surface area (Å²) in [5.74, 6) is 4.75. The van der Waals surface area contributed by atoms with Gasteiger partial charge in [-0.3, -0.25) is 4.79 Å². The molecule has 1 aromatic rings. The van der Waals surface area contributed by atoms with Crippen molar-refractivity contribution in [1.82, 2.24) is 10.3 Å². The molecular weight excluding hydrogens is 248 g/mol. The van der Waals surface area contributed by atoms with Crippen LogP contribution in [-0.4, -0.2) is 35.0 Å². The molecule has 2 rings (SSSR count). The van der Waals surface area contributed by atoms with E-state index in [4.69, 9.17) is 11.2 Å². The van der Waals surface area contributed by atoms with Crippen LogP contribution in [0.15, 0.2) is 18.3 Å². The van der Waals surface area contributed by atoms with E-state index in [1.807, 2.05) is 11.8 Å². The van der Waals surface area contributed by atoms with Crippen molar-refractivity contribution in [1.29, 1.82) is 0 Å². The van der Waals surface area contributed by atoms with Gasteiger partial charge in [-0.25, -0.2) is 4.98 Å². The van der Waals surface area contributed by atoms with E-state index in [0.717, 1.165) is 17.9 Å². The van der Waals surface area contributed by atoms with Gasteiger partial charge in [0.1, 0.15) is 6.10 Å². The number of nitrogens with one attached hydrogen (secondary N) is 1. The Morgan fingerprint density at radius 2 is 2.61 bits per heavy atom. The van der Waals surface area contributed by atoms with Crippen LogP contribution in [0.3, 0.4) is 0 Å². The van der Waals surface area contributed by atoms with Crippen LogP contribution in [0.25, 0.3) is 0 Å². The number of carbonyl (C=O) groups is 1. The molecule has 1 aromatic heterocycles. The minimum absolute atomic E-state index is 0.200. The average Bonchev–Trinajstić information content (AvgIpc) is 2.89. The van der Waals surface area contributed by atoms with Gasteiger partial charge in [0.25, 0.3) is 5.91 Å². The number of amides is 1. The summed E-state index contributed by atoms with van der Waals surface area (Å²) in [5.41, 5.74) is 0.515. The second kappa shape index (κ2) is 6.31. The number of thioether (sulfide) groups is 1. The van der Waals surface area contributed by atoms with Gasteiger partial charge < -0.3 is 10.1 Å². The molecule has 1 amide bonds. The van der Waals surface area contributed by atoms with Crippen molar-refractivity contribution in [2.75, 3.05) is 18.1 Å². The smallest absolute Gasteiger partial charge is 0.252 e. The number of rotatable bonds is 4. The lowest BCUT2D eigenvalue weighted by atomic mass is 10.2. The standard InChI is InChI=1S/C13H14N2O2S/c1-2-5-15-13(16)10-3-6-14-12(8-10)17-11-4-7-18-9-11/h1,3,6,8,11H,4-5,7,9H2,(H,15,16). The van der Waals surface area contributed by atoms with Crippen molar-refractivity contribution < 1.29 is 9.53 Å². The number of pyridine rings is 1. The largest absolute Gasteiger partial charge is 0.473 e. The molecule has 0 aromatic carbocycles. The van der Waals surface area contributed by atoms with Gasteiger partial charge in [-0.1, -0.05) is 5.92 Å². The van der Waals surface area contributed by atoms with Gasteiger partial charge >= 0.3 is 0 Å². The molecule has 1 atom stereocenters. The van der Waals surface area contributed by atoms with Gasteiger partial charge in [-0.2, -0.15) is 11.8 Å². The lowest BCUT2D eigenvalue weighted by molar-refractivity contribution is 0.0957. The molecule has 5 heteroatoms. The molecule has 1 N–H and O–H groups in total. The minimum Gasteiger partial charge on any atom is -0.473 e. The Morgan fingerprint density at radius 3 is 3.33 bits per heavy atom. The van der Waals surface area contributed by atoms with Crippen molar-refractivity contribution in [2.24, 2.45) is 0 Å². The first-order valence-corrected chi connectivity index (χ1v) is 6.87. The highest BCUT2D eigenvalue weighted by atomic mass is 32.2. The molecule has 0 aliphatic carbocycles. The number of carbonyl (C=O) groups excluding carboxylic acids is 1. The molecule has 1 aliphatic rings. The van der Waals surface area contributed by atoms with E-state index in [9.17, 15) is 4.79 Å². The highest BCUT2D eigenvalue weighted by molar-refractivity contribution is 7.99. The third-order valence-electron chi connectivity index (χ3n) is 2.52. The van der Waals surface area contributed by atoms with E-state index in [2.05, 4.69) is 16.2 Å². The Kier molecular flexibility index (Phi) is 4.48. The molecule has 18 heavy (non-hydrogen) atoms. The summed E-state index contributed by atoms with van der Waals surface area (Å²) in [7, 11) is 0. The normalized spacial score (nSPS) is 18.1. The highest BCUT2D eigenvalue weighted by Crippen LogP contribution is 2.22. The predicted molar refractivity (Wildman–Crippen MR) is 71.8 cm³/mol. The third kappa shape index (κ3) is 3.41. The molecule has 0 saturated carbocycles. The summed E-state index contributed by atoms with van der Waals surface area (Å²) >= 11 is 1.87. The van der Waals surface area contributed by atoms with E-state index >= 15 is 0 Å². The van der Waals surface area contributed by atoms with Crippen LogP contribution < -0.4 is 10.1 Å². The zero-order valence-corrected chi connectivity index (χ0v) is 10.7. The summed E-state index contributed by atoms with van der Waals surface area (Å²) in [5, 5.41) is 2.61. The summed E-state index contributed by atoms with van der Waals surface area (Å²) in [6.07, 6.45) is 7.89. The van der Waals surface area contributed by atoms with Crippen molar-refractivity contribution in [3.05, 3.63) is 23.9 Å². The molecule has 1 fully saturated rings. The number of hydrogen-bond acceptors (Lipinski definition) is 4. The van der Waals surface area contributed by atoms with Crippen LogP contribution in [0, 0.1) is 12.3 Å². The van der Waals surface area contributed by atoms with Crippen molar-refractivity contribution in [3.8, 4) is 18.2 Å². The first-order chi connectivity index (χ1) is 8.79. The predicted octanol–water partition coefficient (Wildman–Crippen LogP) is 1.33. The van der Waals surface area contributed by atoms with Crippen molar-refractivity contribution in [2.45, 2.75) is 12.5 Å². The Morgan fingerprint density at radius 1 is 1.72 bits per heavy atom. The first-order valence-electron chi connectivity index (χ1n) is 5.71. The second-order valence-electron chi connectivity index (χ2n) is 3.87. The molecule has 1 saturated heterocycles. The molecule has 0 bridgehead atoms. The minimum atomic E-state index is -0.207. The molecule has 1 aliphatic heterocycles. The maximum absolute atomic E-state index is 11.7. The highest BCUT2D eigenvalue weighted by Gasteiger charge is 2.18.